The van der Waals surface area contributed by atoms with E-state index < -0.39 is 0 Å². The number of aryl methyl sites for hydroxylation is 1. The maximum absolute atomic E-state index is 12.1. The van der Waals surface area contributed by atoms with Gasteiger partial charge in [0.2, 0.25) is 0 Å². The highest BCUT2D eigenvalue weighted by atomic mass is 16.5. The summed E-state index contributed by atoms with van der Waals surface area (Å²) in [6.45, 7) is 3.41. The van der Waals surface area contributed by atoms with Crippen molar-refractivity contribution in [3.05, 3.63) is 53.5 Å². The van der Waals surface area contributed by atoms with Crippen LogP contribution in [-0.4, -0.2) is 43.2 Å². The minimum absolute atomic E-state index is 0.220. The third kappa shape index (κ3) is 5.03. The first-order chi connectivity index (χ1) is 11.1. The molecule has 0 aliphatic heterocycles. The number of hydrogen-bond acceptors (Lipinski definition) is 5. The molecule has 0 aliphatic carbocycles. The zero-order valence-electron chi connectivity index (χ0n) is 13.7. The lowest BCUT2D eigenvalue weighted by Crippen LogP contribution is -2.28. The van der Waals surface area contributed by atoms with Crippen LogP contribution >= 0.6 is 0 Å². The molecule has 0 atom stereocenters. The highest BCUT2D eigenvalue weighted by Gasteiger charge is 2.12. The van der Waals surface area contributed by atoms with Gasteiger partial charge >= 0.3 is 0 Å². The fraction of sp³-hybridized carbons (Fsp3) is 0.353. The van der Waals surface area contributed by atoms with E-state index in [1.165, 1.54) is 5.56 Å². The smallest absolute Gasteiger partial charge is 0.270 e. The highest BCUT2D eigenvalue weighted by Crippen LogP contribution is 2.14. The molecule has 6 nitrogen and oxygen atoms in total. The molecule has 1 amide bonds. The van der Waals surface area contributed by atoms with Crippen LogP contribution in [0.5, 0.6) is 0 Å². The Balaban J connectivity index is 2.11. The second-order valence-corrected chi connectivity index (χ2v) is 5.25. The molecular weight excluding hydrogens is 292 g/mol. The summed E-state index contributed by atoms with van der Waals surface area (Å²) in [5.41, 5.74) is 1.54. The number of carbonyl (C=O) groups excluding carboxylic acids is 1. The molecule has 1 aromatic heterocycles. The molecular formula is C17H22N4O2. The van der Waals surface area contributed by atoms with E-state index in [-0.39, 0.29) is 5.91 Å². The number of anilines is 1. The monoisotopic (exact) mass is 314 g/mol. The van der Waals surface area contributed by atoms with Crippen LogP contribution in [0, 0.1) is 6.92 Å². The van der Waals surface area contributed by atoms with E-state index in [0.717, 1.165) is 5.82 Å². The molecule has 0 fully saturated rings. The van der Waals surface area contributed by atoms with Crippen molar-refractivity contribution in [2.45, 2.75) is 13.5 Å². The Labute approximate surface area is 136 Å². The number of carbonyl (C=O) groups is 1. The van der Waals surface area contributed by atoms with E-state index in [9.17, 15) is 4.79 Å². The molecule has 0 saturated heterocycles. The van der Waals surface area contributed by atoms with Crippen LogP contribution in [0.1, 0.15) is 21.9 Å². The standard InChI is InChI=1S/C17H22N4O2/c1-13-19-15(17(22)18-9-10-23-3)11-16(20-13)21(2)12-14-7-5-4-6-8-14/h4-8,11H,9-10,12H2,1-3H3,(H,18,22). The molecule has 0 spiro atoms. The van der Waals surface area contributed by atoms with Gasteiger partial charge in [0.15, 0.2) is 0 Å². The Morgan fingerprint density at radius 2 is 2.00 bits per heavy atom. The first kappa shape index (κ1) is 16.9. The Kier molecular flexibility index (Phi) is 6.05. The number of methoxy groups -OCH3 is 1. The molecule has 122 valence electrons. The van der Waals surface area contributed by atoms with Crippen molar-refractivity contribution in [2.24, 2.45) is 0 Å². The van der Waals surface area contributed by atoms with E-state index >= 15 is 0 Å². The number of amides is 1. The van der Waals surface area contributed by atoms with Gasteiger partial charge in [-0.3, -0.25) is 4.79 Å². The van der Waals surface area contributed by atoms with Crippen molar-refractivity contribution in [1.82, 2.24) is 15.3 Å². The number of nitrogens with one attached hydrogen (secondary N) is 1. The van der Waals surface area contributed by atoms with Crippen molar-refractivity contribution in [3.8, 4) is 0 Å². The average Bonchev–Trinajstić information content (AvgIpc) is 2.55. The van der Waals surface area contributed by atoms with E-state index in [2.05, 4.69) is 27.4 Å². The summed E-state index contributed by atoms with van der Waals surface area (Å²) in [7, 11) is 3.54. The van der Waals surface area contributed by atoms with Crippen LogP contribution < -0.4 is 10.2 Å². The van der Waals surface area contributed by atoms with Gasteiger partial charge in [0.25, 0.3) is 5.91 Å². The van der Waals surface area contributed by atoms with Crippen molar-refractivity contribution >= 4 is 11.7 Å². The predicted octanol–water partition coefficient (Wildman–Crippen LogP) is 1.80. The first-order valence-electron chi connectivity index (χ1n) is 7.48. The largest absolute Gasteiger partial charge is 0.383 e. The van der Waals surface area contributed by atoms with Crippen LogP contribution in [0.3, 0.4) is 0 Å². The molecule has 0 unspecified atom stereocenters. The summed E-state index contributed by atoms with van der Waals surface area (Å²) in [5.74, 6) is 1.07. The third-order valence-corrected chi connectivity index (χ3v) is 3.30. The lowest BCUT2D eigenvalue weighted by Gasteiger charge is -2.19. The van der Waals surface area contributed by atoms with E-state index in [0.29, 0.717) is 31.2 Å². The van der Waals surface area contributed by atoms with Crippen molar-refractivity contribution in [3.63, 3.8) is 0 Å². The Hall–Kier alpha value is -2.47. The summed E-state index contributed by atoms with van der Waals surface area (Å²) < 4.78 is 4.92. The van der Waals surface area contributed by atoms with Crippen LogP contribution in [-0.2, 0) is 11.3 Å². The second kappa shape index (κ2) is 8.24. The summed E-state index contributed by atoms with van der Waals surface area (Å²) in [4.78, 5) is 22.8. The minimum Gasteiger partial charge on any atom is -0.383 e. The van der Waals surface area contributed by atoms with Crippen molar-refractivity contribution in [1.29, 1.82) is 0 Å². The highest BCUT2D eigenvalue weighted by molar-refractivity contribution is 5.92. The van der Waals surface area contributed by atoms with Gasteiger partial charge < -0.3 is 15.0 Å². The van der Waals surface area contributed by atoms with Gasteiger partial charge in [-0.1, -0.05) is 30.3 Å². The molecule has 1 aromatic carbocycles. The molecule has 23 heavy (non-hydrogen) atoms. The molecule has 0 saturated carbocycles. The molecule has 2 aromatic rings. The molecule has 2 rings (SSSR count). The normalized spacial score (nSPS) is 10.4. The van der Waals surface area contributed by atoms with Crippen LogP contribution in [0.2, 0.25) is 0 Å². The van der Waals surface area contributed by atoms with Gasteiger partial charge in [-0.25, -0.2) is 9.97 Å². The second-order valence-electron chi connectivity index (χ2n) is 5.25. The summed E-state index contributed by atoms with van der Waals surface area (Å²) in [6.07, 6.45) is 0. The fourth-order valence-electron chi connectivity index (χ4n) is 2.16. The number of hydrogen-bond donors (Lipinski definition) is 1. The van der Waals surface area contributed by atoms with Crippen molar-refractivity contribution in [2.75, 3.05) is 32.2 Å². The summed E-state index contributed by atoms with van der Waals surface area (Å²) in [6, 6.07) is 11.8. The van der Waals surface area contributed by atoms with Gasteiger partial charge in [0, 0.05) is 33.3 Å². The average molecular weight is 314 g/mol. The van der Waals surface area contributed by atoms with Crippen molar-refractivity contribution < 1.29 is 9.53 Å². The van der Waals surface area contributed by atoms with Gasteiger partial charge in [0.1, 0.15) is 17.3 Å². The maximum Gasteiger partial charge on any atom is 0.270 e. The summed E-state index contributed by atoms with van der Waals surface area (Å²) in [5, 5.41) is 2.77. The molecule has 0 bridgehead atoms. The van der Waals surface area contributed by atoms with E-state index in [4.69, 9.17) is 4.74 Å². The number of nitrogens with zero attached hydrogens (tertiary/aromatic N) is 3. The number of benzene rings is 1. The Morgan fingerprint density at radius 1 is 1.26 bits per heavy atom. The third-order valence-electron chi connectivity index (χ3n) is 3.30. The number of rotatable bonds is 7. The quantitative estimate of drug-likeness (QED) is 0.789. The van der Waals surface area contributed by atoms with Gasteiger partial charge in [0.05, 0.1) is 6.61 Å². The zero-order valence-corrected chi connectivity index (χ0v) is 13.7. The summed E-state index contributed by atoms with van der Waals surface area (Å²) >= 11 is 0. The van der Waals surface area contributed by atoms with Gasteiger partial charge in [-0.15, -0.1) is 0 Å². The number of ether oxygens (including phenoxy) is 1. The molecule has 1 heterocycles. The molecule has 0 radical (unpaired) electrons. The number of aromatic nitrogens is 2. The lowest BCUT2D eigenvalue weighted by molar-refractivity contribution is 0.0931. The topological polar surface area (TPSA) is 67.3 Å². The minimum atomic E-state index is -0.220. The van der Waals surface area contributed by atoms with Gasteiger partial charge in [-0.05, 0) is 12.5 Å². The Morgan fingerprint density at radius 3 is 2.70 bits per heavy atom. The van der Waals surface area contributed by atoms with Gasteiger partial charge in [-0.2, -0.15) is 0 Å². The predicted molar refractivity (Wildman–Crippen MR) is 89.5 cm³/mol. The first-order valence-corrected chi connectivity index (χ1v) is 7.48. The van der Waals surface area contributed by atoms with E-state index in [1.54, 1.807) is 20.1 Å². The lowest BCUT2D eigenvalue weighted by atomic mass is 10.2. The molecule has 1 N–H and O–H groups in total. The van der Waals surface area contributed by atoms with Crippen LogP contribution in [0.15, 0.2) is 36.4 Å². The SMILES string of the molecule is COCCNC(=O)c1cc(N(C)Cc2ccccc2)nc(C)n1. The fourth-order valence-corrected chi connectivity index (χ4v) is 2.16. The molecule has 0 aliphatic rings. The Bertz CT molecular complexity index is 646. The van der Waals surface area contributed by atoms with Crippen LogP contribution in [0.4, 0.5) is 5.82 Å². The maximum atomic E-state index is 12.1. The van der Waals surface area contributed by atoms with E-state index in [1.807, 2.05) is 30.1 Å². The zero-order chi connectivity index (χ0) is 16.7. The molecule has 6 heteroatoms. The van der Waals surface area contributed by atoms with Crippen LogP contribution in [0.25, 0.3) is 0 Å².